The Balaban J connectivity index is 5.08. The number of carboxylic acid groups (broad SMARTS) is 1. The molecule has 0 spiro atoms. The minimum atomic E-state index is -1.41. The van der Waals surface area contributed by atoms with Crippen LogP contribution in [0.25, 0.3) is 0 Å². The van der Waals surface area contributed by atoms with E-state index >= 15 is 0 Å². The van der Waals surface area contributed by atoms with Gasteiger partial charge in [-0.25, -0.2) is 0 Å². The first-order valence-corrected chi connectivity index (χ1v) is 10.2. The Kier molecular flexibility index (Phi) is 12.6. The van der Waals surface area contributed by atoms with Gasteiger partial charge in [-0.1, -0.05) is 0 Å². The van der Waals surface area contributed by atoms with Gasteiger partial charge in [0.1, 0.15) is 18.6 Å². The van der Waals surface area contributed by atoms with Gasteiger partial charge in [-0.15, -0.1) is 0 Å². The highest BCUT2D eigenvalue weighted by Gasteiger charge is 2.31. The molecule has 0 aromatic heterocycles. The molecule has 0 aromatic rings. The Bertz CT molecular complexity index is 602. The van der Waals surface area contributed by atoms with Gasteiger partial charge < -0.3 is 37.6 Å². The van der Waals surface area contributed by atoms with Crippen molar-refractivity contribution >= 4 is 41.4 Å². The number of nitrogens with two attached hydrogens (primary N) is 2. The number of rotatable bonds is 14. The third-order valence-corrected chi connectivity index (χ3v) is 4.40. The van der Waals surface area contributed by atoms with E-state index in [9.17, 15) is 29.1 Å². The van der Waals surface area contributed by atoms with Gasteiger partial charge in [0.15, 0.2) is 0 Å². The number of primary amides is 1. The van der Waals surface area contributed by atoms with Crippen molar-refractivity contribution in [1.29, 1.82) is 0 Å². The van der Waals surface area contributed by atoms with Crippen molar-refractivity contribution in [2.24, 2.45) is 11.5 Å². The summed E-state index contributed by atoms with van der Waals surface area (Å²) in [5, 5.41) is 25.4. The first-order valence-electron chi connectivity index (χ1n) is 8.80. The summed E-state index contributed by atoms with van der Waals surface area (Å²) >= 11 is 1.41. The van der Waals surface area contributed by atoms with Gasteiger partial charge >= 0.3 is 5.97 Å². The number of amides is 4. The SMILES string of the molecule is CSCCC(NC(=O)C(NC(=O)C(N)CCC(N)=O)C(C)O)C(=O)NCC(=O)O. The van der Waals surface area contributed by atoms with Crippen molar-refractivity contribution in [3.8, 4) is 0 Å². The van der Waals surface area contributed by atoms with Crippen LogP contribution in [0.1, 0.15) is 26.2 Å². The van der Waals surface area contributed by atoms with Crippen LogP contribution in [0.4, 0.5) is 0 Å². The summed E-state index contributed by atoms with van der Waals surface area (Å²) in [7, 11) is 0. The zero-order chi connectivity index (χ0) is 22.6. The summed E-state index contributed by atoms with van der Waals surface area (Å²) in [5.41, 5.74) is 10.6. The Morgan fingerprint density at radius 2 is 1.66 bits per heavy atom. The zero-order valence-corrected chi connectivity index (χ0v) is 17.2. The molecule has 0 bridgehead atoms. The largest absolute Gasteiger partial charge is 0.480 e. The molecular weight excluding hydrogens is 406 g/mol. The number of nitrogens with one attached hydrogen (secondary N) is 3. The minimum Gasteiger partial charge on any atom is -0.480 e. The maximum absolute atomic E-state index is 12.5. The molecule has 9 N–H and O–H groups in total. The van der Waals surface area contributed by atoms with Crippen LogP contribution < -0.4 is 27.4 Å². The van der Waals surface area contributed by atoms with Crippen LogP contribution in [0.15, 0.2) is 0 Å². The lowest BCUT2D eigenvalue weighted by molar-refractivity contribution is -0.138. The van der Waals surface area contributed by atoms with E-state index in [-0.39, 0.29) is 19.3 Å². The van der Waals surface area contributed by atoms with E-state index in [2.05, 4.69) is 16.0 Å². The Labute approximate surface area is 172 Å². The molecule has 166 valence electrons. The molecule has 0 fully saturated rings. The fraction of sp³-hybridized carbons (Fsp3) is 0.688. The summed E-state index contributed by atoms with van der Waals surface area (Å²) in [6.45, 7) is 0.649. The molecule has 12 nitrogen and oxygen atoms in total. The van der Waals surface area contributed by atoms with Crippen LogP contribution in [0.3, 0.4) is 0 Å². The maximum atomic E-state index is 12.5. The van der Waals surface area contributed by atoms with E-state index in [1.807, 2.05) is 0 Å². The summed E-state index contributed by atoms with van der Waals surface area (Å²) in [6, 6.07) is -3.59. The quantitative estimate of drug-likeness (QED) is 0.147. The Hall–Kier alpha value is -2.38. The van der Waals surface area contributed by atoms with Crippen LogP contribution >= 0.6 is 11.8 Å². The first kappa shape index (κ1) is 26.6. The minimum absolute atomic E-state index is 0.0384. The van der Waals surface area contributed by atoms with Gasteiger partial charge in [0.25, 0.3) is 0 Å². The van der Waals surface area contributed by atoms with E-state index in [1.54, 1.807) is 6.26 Å². The van der Waals surface area contributed by atoms with Crippen molar-refractivity contribution in [2.75, 3.05) is 18.6 Å². The Morgan fingerprint density at radius 3 is 2.14 bits per heavy atom. The lowest BCUT2D eigenvalue weighted by Crippen LogP contribution is -2.59. The van der Waals surface area contributed by atoms with E-state index in [0.29, 0.717) is 5.75 Å². The molecule has 0 aromatic carbocycles. The predicted molar refractivity (Wildman–Crippen MR) is 106 cm³/mol. The third-order valence-electron chi connectivity index (χ3n) is 3.76. The first-order chi connectivity index (χ1) is 13.5. The van der Waals surface area contributed by atoms with Crippen molar-refractivity contribution in [1.82, 2.24) is 16.0 Å². The predicted octanol–water partition coefficient (Wildman–Crippen LogP) is -3.12. The van der Waals surface area contributed by atoms with Gasteiger partial charge in [0.05, 0.1) is 12.1 Å². The molecule has 4 amide bonds. The summed E-state index contributed by atoms with van der Waals surface area (Å²) in [6.07, 6.45) is 0.520. The van der Waals surface area contributed by atoms with Gasteiger partial charge in [-0.05, 0) is 31.8 Å². The van der Waals surface area contributed by atoms with E-state index in [1.165, 1.54) is 18.7 Å². The highest BCUT2D eigenvalue weighted by Crippen LogP contribution is 2.04. The second kappa shape index (κ2) is 13.7. The monoisotopic (exact) mass is 435 g/mol. The summed E-state index contributed by atoms with van der Waals surface area (Å²) in [5.74, 6) is -3.71. The number of thioether (sulfide) groups is 1. The van der Waals surface area contributed by atoms with Crippen molar-refractivity contribution in [3.63, 3.8) is 0 Å². The molecule has 0 radical (unpaired) electrons. The fourth-order valence-corrected chi connectivity index (χ4v) is 2.62. The average molecular weight is 436 g/mol. The van der Waals surface area contributed by atoms with Gasteiger partial charge in [0, 0.05) is 6.42 Å². The van der Waals surface area contributed by atoms with Crippen LogP contribution in [-0.4, -0.2) is 82.6 Å². The molecule has 13 heteroatoms. The highest BCUT2D eigenvalue weighted by atomic mass is 32.2. The van der Waals surface area contributed by atoms with Crippen LogP contribution in [0.5, 0.6) is 0 Å². The molecule has 0 rings (SSSR count). The molecule has 0 saturated heterocycles. The lowest BCUT2D eigenvalue weighted by atomic mass is 10.1. The second-order valence-corrected chi connectivity index (χ2v) is 7.28. The standard InChI is InChI=1S/C16H29N5O7S/c1-8(22)13(21-14(26)9(17)3-4-11(18)23)16(28)20-10(5-6-29-2)15(27)19-7-12(24)25/h8-10,13,22H,3-7,17H2,1-2H3,(H2,18,23)(H,19,27)(H,20,28)(H,21,26)(H,24,25). The number of carbonyl (C=O) groups is 5. The Morgan fingerprint density at radius 1 is 1.03 bits per heavy atom. The van der Waals surface area contributed by atoms with Crippen LogP contribution in [0, 0.1) is 0 Å². The molecule has 0 saturated carbocycles. The zero-order valence-electron chi connectivity index (χ0n) is 16.3. The summed E-state index contributed by atoms with van der Waals surface area (Å²) < 4.78 is 0. The number of carboxylic acids is 1. The number of aliphatic carboxylic acids is 1. The average Bonchev–Trinajstić information content (AvgIpc) is 2.64. The van der Waals surface area contributed by atoms with Crippen molar-refractivity contribution in [2.45, 2.75) is 50.4 Å². The second-order valence-electron chi connectivity index (χ2n) is 6.29. The van der Waals surface area contributed by atoms with E-state index in [0.717, 1.165) is 0 Å². The third kappa shape index (κ3) is 11.3. The number of hydrogen-bond donors (Lipinski definition) is 7. The topological polar surface area (TPSA) is 214 Å². The number of carbonyl (C=O) groups excluding carboxylic acids is 4. The lowest BCUT2D eigenvalue weighted by Gasteiger charge is -2.25. The molecule has 4 unspecified atom stereocenters. The number of aliphatic hydroxyl groups excluding tert-OH is 1. The normalized spacial score (nSPS) is 14.8. The molecule has 4 atom stereocenters. The van der Waals surface area contributed by atoms with Gasteiger partial charge in [-0.3, -0.25) is 24.0 Å². The van der Waals surface area contributed by atoms with E-state index < -0.39 is 60.4 Å². The fourth-order valence-electron chi connectivity index (χ4n) is 2.15. The number of aliphatic hydroxyl groups is 1. The molecular formula is C16H29N5O7S. The molecule has 0 heterocycles. The van der Waals surface area contributed by atoms with Gasteiger partial charge in [0.2, 0.25) is 23.6 Å². The summed E-state index contributed by atoms with van der Waals surface area (Å²) in [4.78, 5) is 58.2. The maximum Gasteiger partial charge on any atom is 0.322 e. The number of hydrogen-bond acceptors (Lipinski definition) is 8. The van der Waals surface area contributed by atoms with Crippen molar-refractivity contribution < 1.29 is 34.2 Å². The van der Waals surface area contributed by atoms with Crippen LogP contribution in [-0.2, 0) is 24.0 Å². The molecule has 0 aliphatic carbocycles. The van der Waals surface area contributed by atoms with Gasteiger partial charge in [-0.2, -0.15) is 11.8 Å². The van der Waals surface area contributed by atoms with Crippen LogP contribution in [0.2, 0.25) is 0 Å². The van der Waals surface area contributed by atoms with Crippen molar-refractivity contribution in [3.05, 3.63) is 0 Å². The highest BCUT2D eigenvalue weighted by molar-refractivity contribution is 7.98. The molecule has 0 aliphatic heterocycles. The van der Waals surface area contributed by atoms with E-state index in [4.69, 9.17) is 16.6 Å². The smallest absolute Gasteiger partial charge is 0.322 e. The molecule has 0 aliphatic rings. The molecule has 29 heavy (non-hydrogen) atoms.